The molecule has 0 aromatic carbocycles. The van der Waals surface area contributed by atoms with Gasteiger partial charge in [-0.2, -0.15) is 0 Å². The number of carboxylic acids is 1. The Hall–Kier alpha value is -1.59. The maximum atomic E-state index is 12.0. The molecule has 0 aromatic heterocycles. The number of piperidine rings is 1. The van der Waals surface area contributed by atoms with Gasteiger partial charge < -0.3 is 10.0 Å². The summed E-state index contributed by atoms with van der Waals surface area (Å²) >= 11 is 0. The zero-order valence-electron chi connectivity index (χ0n) is 12.4. The van der Waals surface area contributed by atoms with E-state index in [2.05, 4.69) is 12.2 Å². The molecule has 0 spiro atoms. The minimum atomic E-state index is -0.935. The van der Waals surface area contributed by atoms with Gasteiger partial charge in [0, 0.05) is 25.4 Å². The molecule has 3 amide bonds. The summed E-state index contributed by atoms with van der Waals surface area (Å²) in [6, 6.07) is -0.246. The van der Waals surface area contributed by atoms with E-state index < -0.39 is 11.9 Å². The predicted molar refractivity (Wildman–Crippen MR) is 74.1 cm³/mol. The van der Waals surface area contributed by atoms with E-state index in [9.17, 15) is 14.4 Å². The first-order chi connectivity index (χ1) is 9.31. The molecule has 1 saturated heterocycles. The fraction of sp³-hybridized carbons (Fsp3) is 0.786. The Morgan fingerprint density at radius 1 is 1.30 bits per heavy atom. The standard InChI is InChI=1S/C14H24N2O4/c1-9(8-13(18)19)7-12(17)15-14(20)16-6-4-5-10(2)11(16)3/h9-11H,4-8H2,1-3H3,(H,18,19)(H,15,17,20). The van der Waals surface area contributed by atoms with Crippen molar-refractivity contribution >= 4 is 17.9 Å². The van der Waals surface area contributed by atoms with Crippen molar-refractivity contribution in [2.45, 2.75) is 52.5 Å². The Morgan fingerprint density at radius 3 is 2.55 bits per heavy atom. The number of rotatable bonds is 4. The van der Waals surface area contributed by atoms with E-state index in [-0.39, 0.29) is 30.8 Å². The normalized spacial score (nSPS) is 24.1. The number of urea groups is 1. The second-order valence-corrected chi connectivity index (χ2v) is 5.81. The van der Waals surface area contributed by atoms with Gasteiger partial charge in [-0.1, -0.05) is 13.8 Å². The minimum absolute atomic E-state index is 0.0514. The summed E-state index contributed by atoms with van der Waals surface area (Å²) in [7, 11) is 0. The molecule has 0 aromatic rings. The molecule has 6 heteroatoms. The molecule has 1 rings (SSSR count). The number of nitrogens with zero attached hydrogens (tertiary/aromatic N) is 1. The summed E-state index contributed by atoms with van der Waals surface area (Å²) in [5, 5.41) is 11.0. The summed E-state index contributed by atoms with van der Waals surface area (Å²) in [5.74, 6) is -1.20. The molecule has 0 aliphatic carbocycles. The number of carbonyl (C=O) groups excluding carboxylic acids is 2. The highest BCUT2D eigenvalue weighted by molar-refractivity contribution is 5.94. The lowest BCUT2D eigenvalue weighted by Crippen LogP contribution is -2.51. The van der Waals surface area contributed by atoms with Gasteiger partial charge in [0.25, 0.3) is 0 Å². The monoisotopic (exact) mass is 284 g/mol. The Kier molecular flexibility index (Phi) is 5.98. The first kappa shape index (κ1) is 16.5. The van der Waals surface area contributed by atoms with Gasteiger partial charge in [-0.25, -0.2) is 4.79 Å². The lowest BCUT2D eigenvalue weighted by Gasteiger charge is -2.37. The molecule has 6 nitrogen and oxygen atoms in total. The molecule has 0 saturated carbocycles. The Balaban J connectivity index is 2.45. The zero-order valence-corrected chi connectivity index (χ0v) is 12.4. The van der Waals surface area contributed by atoms with Crippen LogP contribution in [0.2, 0.25) is 0 Å². The van der Waals surface area contributed by atoms with Gasteiger partial charge in [0.15, 0.2) is 0 Å². The molecule has 0 bridgehead atoms. The van der Waals surface area contributed by atoms with E-state index in [1.165, 1.54) is 0 Å². The van der Waals surface area contributed by atoms with Gasteiger partial charge in [-0.05, 0) is 31.6 Å². The molecule has 3 unspecified atom stereocenters. The third-order valence-electron chi connectivity index (χ3n) is 3.94. The summed E-state index contributed by atoms with van der Waals surface area (Å²) in [5.41, 5.74) is 0. The number of aliphatic carboxylic acids is 1. The lowest BCUT2D eigenvalue weighted by atomic mass is 9.92. The predicted octanol–water partition coefficient (Wildman–Crippen LogP) is 1.84. The van der Waals surface area contributed by atoms with Crippen LogP contribution < -0.4 is 5.32 Å². The van der Waals surface area contributed by atoms with Crippen LogP contribution in [0.5, 0.6) is 0 Å². The van der Waals surface area contributed by atoms with E-state index >= 15 is 0 Å². The van der Waals surface area contributed by atoms with Crippen molar-refractivity contribution in [2.24, 2.45) is 11.8 Å². The first-order valence-corrected chi connectivity index (χ1v) is 7.13. The van der Waals surface area contributed by atoms with Crippen molar-refractivity contribution in [1.29, 1.82) is 0 Å². The first-order valence-electron chi connectivity index (χ1n) is 7.13. The van der Waals surface area contributed by atoms with Gasteiger partial charge >= 0.3 is 12.0 Å². The van der Waals surface area contributed by atoms with Gasteiger partial charge in [-0.3, -0.25) is 14.9 Å². The molecule has 114 valence electrons. The average molecular weight is 284 g/mol. The third-order valence-corrected chi connectivity index (χ3v) is 3.94. The van der Waals surface area contributed by atoms with Gasteiger partial charge in [0.1, 0.15) is 0 Å². The summed E-state index contributed by atoms with van der Waals surface area (Å²) in [6.45, 7) is 6.43. The SMILES string of the molecule is CC(CC(=O)O)CC(=O)NC(=O)N1CCCC(C)C1C. The van der Waals surface area contributed by atoms with Gasteiger partial charge in [-0.15, -0.1) is 0 Å². The van der Waals surface area contributed by atoms with E-state index in [0.717, 1.165) is 12.8 Å². The Bertz CT molecular complexity index is 383. The maximum absolute atomic E-state index is 12.0. The molecule has 1 heterocycles. The number of carbonyl (C=O) groups is 3. The van der Waals surface area contributed by atoms with Crippen LogP contribution in [-0.2, 0) is 9.59 Å². The fourth-order valence-corrected chi connectivity index (χ4v) is 2.55. The highest BCUT2D eigenvalue weighted by Gasteiger charge is 2.29. The quantitative estimate of drug-likeness (QED) is 0.824. The van der Waals surface area contributed by atoms with Crippen molar-refractivity contribution in [3.8, 4) is 0 Å². The van der Waals surface area contributed by atoms with Crippen LogP contribution in [0.4, 0.5) is 4.79 Å². The van der Waals surface area contributed by atoms with Crippen molar-refractivity contribution in [1.82, 2.24) is 10.2 Å². The number of amides is 3. The highest BCUT2D eigenvalue weighted by atomic mass is 16.4. The number of hydrogen-bond donors (Lipinski definition) is 2. The second kappa shape index (κ2) is 7.26. The van der Waals surface area contributed by atoms with E-state index in [4.69, 9.17) is 5.11 Å². The van der Waals surface area contributed by atoms with Gasteiger partial charge in [0.2, 0.25) is 5.91 Å². The Morgan fingerprint density at radius 2 is 1.95 bits per heavy atom. The van der Waals surface area contributed by atoms with Crippen LogP contribution in [-0.4, -0.2) is 40.5 Å². The van der Waals surface area contributed by atoms with E-state index in [1.54, 1.807) is 11.8 Å². The second-order valence-electron chi connectivity index (χ2n) is 5.81. The van der Waals surface area contributed by atoms with Crippen LogP contribution in [0.15, 0.2) is 0 Å². The van der Waals surface area contributed by atoms with Crippen LogP contribution in [0.25, 0.3) is 0 Å². The van der Waals surface area contributed by atoms with Gasteiger partial charge in [0.05, 0.1) is 0 Å². The number of likely N-dealkylation sites (tertiary alicyclic amines) is 1. The number of imide groups is 1. The molecule has 2 N–H and O–H groups in total. The summed E-state index contributed by atoms with van der Waals surface area (Å²) in [4.78, 5) is 36.0. The molecular weight excluding hydrogens is 260 g/mol. The largest absolute Gasteiger partial charge is 0.481 e. The highest BCUT2D eigenvalue weighted by Crippen LogP contribution is 2.22. The molecule has 0 radical (unpaired) electrons. The van der Waals surface area contributed by atoms with Crippen LogP contribution in [0.1, 0.15) is 46.5 Å². The van der Waals surface area contributed by atoms with Crippen molar-refractivity contribution in [3.63, 3.8) is 0 Å². The molecule has 20 heavy (non-hydrogen) atoms. The van der Waals surface area contributed by atoms with E-state index in [0.29, 0.717) is 12.5 Å². The molecular formula is C14H24N2O4. The van der Waals surface area contributed by atoms with Crippen LogP contribution >= 0.6 is 0 Å². The molecule has 1 aliphatic rings. The summed E-state index contributed by atoms with van der Waals surface area (Å²) in [6.07, 6.45) is 2.02. The van der Waals surface area contributed by atoms with E-state index in [1.807, 2.05) is 6.92 Å². The topological polar surface area (TPSA) is 86.7 Å². The average Bonchev–Trinajstić information content (AvgIpc) is 2.30. The van der Waals surface area contributed by atoms with Crippen molar-refractivity contribution in [2.75, 3.05) is 6.54 Å². The smallest absolute Gasteiger partial charge is 0.324 e. The third kappa shape index (κ3) is 4.83. The van der Waals surface area contributed by atoms with Crippen molar-refractivity contribution in [3.05, 3.63) is 0 Å². The summed E-state index contributed by atoms with van der Waals surface area (Å²) < 4.78 is 0. The molecule has 1 aliphatic heterocycles. The Labute approximate surface area is 119 Å². The zero-order chi connectivity index (χ0) is 15.3. The number of nitrogens with one attached hydrogen (secondary N) is 1. The van der Waals surface area contributed by atoms with Crippen molar-refractivity contribution < 1.29 is 19.5 Å². The number of hydrogen-bond acceptors (Lipinski definition) is 3. The fourth-order valence-electron chi connectivity index (χ4n) is 2.55. The maximum Gasteiger partial charge on any atom is 0.324 e. The molecule has 1 fully saturated rings. The minimum Gasteiger partial charge on any atom is -0.481 e. The van der Waals surface area contributed by atoms with Crippen LogP contribution in [0.3, 0.4) is 0 Å². The molecule has 3 atom stereocenters. The number of carboxylic acid groups (broad SMARTS) is 1. The lowest BCUT2D eigenvalue weighted by molar-refractivity contribution is -0.138. The van der Waals surface area contributed by atoms with Crippen LogP contribution in [0, 0.1) is 11.8 Å².